The number of allylic oxidation sites excluding steroid dienone is 3. The minimum absolute atomic E-state index is 1.50. The number of hydrogen-bond acceptors (Lipinski definition) is 1. The predicted molar refractivity (Wildman–Crippen MR) is 39.5 cm³/mol. The molecule has 1 nitrogen and oxygen atoms in total. The van der Waals surface area contributed by atoms with Gasteiger partial charge >= 0.3 is 0 Å². The molecule has 1 heteroatoms. The summed E-state index contributed by atoms with van der Waals surface area (Å²) in [5.41, 5.74) is 4.85. The molecule has 0 aliphatic rings. The second-order valence-corrected chi connectivity index (χ2v) is 1.19. The zero-order chi connectivity index (χ0) is 6.83. The molecular formula is C7H15N. The van der Waals surface area contributed by atoms with Crippen LogP contribution in [0.1, 0.15) is 20.8 Å². The van der Waals surface area contributed by atoms with Crippen molar-refractivity contribution in [1.82, 2.24) is 0 Å². The first-order chi connectivity index (χ1) is 3.83. The molecule has 0 heterocycles. The summed E-state index contributed by atoms with van der Waals surface area (Å²) in [6, 6.07) is 0. The summed E-state index contributed by atoms with van der Waals surface area (Å²) in [5.74, 6) is 0. The summed E-state index contributed by atoms with van der Waals surface area (Å²) in [5, 5.41) is 0. The molecule has 0 atom stereocenters. The Morgan fingerprint density at radius 1 is 0.875 bits per heavy atom. The Bertz CT molecular complexity index is 44.8. The van der Waals surface area contributed by atoms with Crippen LogP contribution in [0.3, 0.4) is 0 Å². The van der Waals surface area contributed by atoms with Crippen LogP contribution < -0.4 is 5.73 Å². The predicted octanol–water partition coefficient (Wildman–Crippen LogP) is 2.06. The van der Waals surface area contributed by atoms with E-state index >= 15 is 0 Å². The van der Waals surface area contributed by atoms with Gasteiger partial charge in [-0.25, -0.2) is 0 Å². The van der Waals surface area contributed by atoms with Crippen LogP contribution in [-0.4, -0.2) is 0 Å². The summed E-state index contributed by atoms with van der Waals surface area (Å²) in [6.07, 6.45) is 7.28. The molecule has 0 aliphatic carbocycles. The fraction of sp³-hybridized carbons (Fsp3) is 0.429. The van der Waals surface area contributed by atoms with E-state index in [1.807, 2.05) is 32.9 Å². The number of nitrogens with two attached hydrogens (primary N) is 1. The molecule has 0 unspecified atom stereocenters. The fourth-order valence-corrected chi connectivity index (χ4v) is 0. The van der Waals surface area contributed by atoms with E-state index in [4.69, 9.17) is 5.73 Å². The van der Waals surface area contributed by atoms with Crippen LogP contribution >= 0.6 is 0 Å². The van der Waals surface area contributed by atoms with Gasteiger partial charge in [-0.3, -0.25) is 0 Å². The maximum absolute atomic E-state index is 4.85. The normalized spacial score (nSPS) is 9.38. The fourth-order valence-electron chi connectivity index (χ4n) is 0. The molecular weight excluding hydrogens is 98.1 g/mol. The Morgan fingerprint density at radius 2 is 1.12 bits per heavy atom. The lowest BCUT2D eigenvalue weighted by Crippen LogP contribution is -1.70. The van der Waals surface area contributed by atoms with Gasteiger partial charge in [-0.2, -0.15) is 0 Å². The van der Waals surface area contributed by atoms with Gasteiger partial charge in [0.1, 0.15) is 0 Å². The van der Waals surface area contributed by atoms with Crippen molar-refractivity contribution in [3.05, 3.63) is 24.4 Å². The summed E-state index contributed by atoms with van der Waals surface area (Å²) in [4.78, 5) is 0. The van der Waals surface area contributed by atoms with E-state index in [0.29, 0.717) is 0 Å². The van der Waals surface area contributed by atoms with Crippen molar-refractivity contribution in [2.45, 2.75) is 20.8 Å². The summed E-state index contributed by atoms with van der Waals surface area (Å²) < 4.78 is 0. The van der Waals surface area contributed by atoms with Crippen LogP contribution in [0.4, 0.5) is 0 Å². The average molecular weight is 113 g/mol. The molecule has 0 radical (unpaired) electrons. The molecule has 8 heavy (non-hydrogen) atoms. The van der Waals surface area contributed by atoms with Crippen LogP contribution in [-0.2, 0) is 0 Å². The first-order valence-corrected chi connectivity index (χ1v) is 2.73. The van der Waals surface area contributed by atoms with Crippen molar-refractivity contribution in [2.24, 2.45) is 5.73 Å². The third-order valence-electron chi connectivity index (χ3n) is 0.526. The standard InChI is InChI=1S/C4H8.C3H7N/c1-3-4-2;1-2-3-4/h3-4H,1-2H3;2-3H,4H2,1H3/b4-3-;3-2+. The molecule has 0 amide bonds. The van der Waals surface area contributed by atoms with Gasteiger partial charge in [0.05, 0.1) is 0 Å². The maximum Gasteiger partial charge on any atom is -0.0106 e. The van der Waals surface area contributed by atoms with Gasteiger partial charge in [-0.1, -0.05) is 18.2 Å². The number of rotatable bonds is 0. The van der Waals surface area contributed by atoms with Gasteiger partial charge in [0.15, 0.2) is 0 Å². The lowest BCUT2D eigenvalue weighted by molar-refractivity contribution is 1.55. The first kappa shape index (κ1) is 10.3. The Kier molecular flexibility index (Phi) is 20.9. The SMILES string of the molecule is C/C=C/N.C/C=C\C. The highest BCUT2D eigenvalue weighted by Gasteiger charge is 1.34. The van der Waals surface area contributed by atoms with Crippen molar-refractivity contribution < 1.29 is 0 Å². The monoisotopic (exact) mass is 113 g/mol. The molecule has 48 valence electrons. The lowest BCUT2D eigenvalue weighted by Gasteiger charge is -1.53. The zero-order valence-corrected chi connectivity index (χ0v) is 5.89. The molecule has 2 N–H and O–H groups in total. The van der Waals surface area contributed by atoms with E-state index in [2.05, 4.69) is 0 Å². The average Bonchev–Trinajstić information content (AvgIpc) is 1.88. The van der Waals surface area contributed by atoms with E-state index in [9.17, 15) is 0 Å². The molecule has 0 fully saturated rings. The van der Waals surface area contributed by atoms with Crippen molar-refractivity contribution >= 4 is 0 Å². The summed E-state index contributed by atoms with van der Waals surface area (Å²) in [7, 11) is 0. The van der Waals surface area contributed by atoms with Crippen LogP contribution in [0.5, 0.6) is 0 Å². The quantitative estimate of drug-likeness (QED) is 0.478. The Labute approximate surface area is 51.9 Å². The van der Waals surface area contributed by atoms with E-state index in [1.54, 1.807) is 6.08 Å². The van der Waals surface area contributed by atoms with Crippen LogP contribution in [0, 0.1) is 0 Å². The molecule has 0 aromatic heterocycles. The Morgan fingerprint density at radius 3 is 1.12 bits per heavy atom. The van der Waals surface area contributed by atoms with Crippen molar-refractivity contribution in [3.8, 4) is 0 Å². The van der Waals surface area contributed by atoms with Gasteiger partial charge in [0.2, 0.25) is 0 Å². The van der Waals surface area contributed by atoms with Gasteiger partial charge in [-0.05, 0) is 27.0 Å². The molecule has 0 aliphatic heterocycles. The van der Waals surface area contributed by atoms with E-state index < -0.39 is 0 Å². The molecule has 0 saturated carbocycles. The van der Waals surface area contributed by atoms with Crippen molar-refractivity contribution in [2.75, 3.05) is 0 Å². The summed E-state index contributed by atoms with van der Waals surface area (Å²) >= 11 is 0. The van der Waals surface area contributed by atoms with Crippen molar-refractivity contribution in [1.29, 1.82) is 0 Å². The van der Waals surface area contributed by atoms with Crippen LogP contribution in [0.15, 0.2) is 24.4 Å². The number of hydrogen-bond donors (Lipinski definition) is 1. The highest BCUT2D eigenvalue weighted by Crippen LogP contribution is 1.57. The van der Waals surface area contributed by atoms with Gasteiger partial charge in [0, 0.05) is 0 Å². The Balaban J connectivity index is 0. The van der Waals surface area contributed by atoms with Crippen LogP contribution in [0.25, 0.3) is 0 Å². The minimum atomic E-state index is 1.50. The minimum Gasteiger partial charge on any atom is -0.405 e. The van der Waals surface area contributed by atoms with Crippen molar-refractivity contribution in [3.63, 3.8) is 0 Å². The molecule has 0 rings (SSSR count). The van der Waals surface area contributed by atoms with Crippen LogP contribution in [0.2, 0.25) is 0 Å². The van der Waals surface area contributed by atoms with Gasteiger partial charge in [0.25, 0.3) is 0 Å². The van der Waals surface area contributed by atoms with Gasteiger partial charge in [-0.15, -0.1) is 0 Å². The highest BCUT2D eigenvalue weighted by molar-refractivity contribution is 4.68. The topological polar surface area (TPSA) is 26.0 Å². The molecule has 0 saturated heterocycles. The largest absolute Gasteiger partial charge is 0.405 e. The summed E-state index contributed by atoms with van der Waals surface area (Å²) in [6.45, 7) is 5.88. The Hall–Kier alpha value is -0.720. The van der Waals surface area contributed by atoms with E-state index in [0.717, 1.165) is 0 Å². The lowest BCUT2D eigenvalue weighted by atomic mass is 10.6. The second-order valence-electron chi connectivity index (χ2n) is 1.19. The zero-order valence-electron chi connectivity index (χ0n) is 5.89. The third-order valence-corrected chi connectivity index (χ3v) is 0.526. The van der Waals surface area contributed by atoms with E-state index in [1.165, 1.54) is 6.20 Å². The molecule has 0 aromatic rings. The highest BCUT2D eigenvalue weighted by atomic mass is 14.5. The smallest absolute Gasteiger partial charge is 0.0106 e. The second kappa shape index (κ2) is 16.3. The van der Waals surface area contributed by atoms with E-state index in [-0.39, 0.29) is 0 Å². The first-order valence-electron chi connectivity index (χ1n) is 2.73. The van der Waals surface area contributed by atoms with Gasteiger partial charge < -0.3 is 5.73 Å². The molecule has 0 spiro atoms. The molecule has 0 bridgehead atoms. The molecule has 0 aromatic carbocycles. The third kappa shape index (κ3) is 59.0. The maximum atomic E-state index is 4.85.